The fourth-order valence-electron chi connectivity index (χ4n) is 0.609. The lowest BCUT2D eigenvalue weighted by atomic mass is 10.5. The van der Waals surface area contributed by atoms with Gasteiger partial charge in [-0.15, -0.1) is 11.3 Å². The molecule has 60 valence electrons. The smallest absolute Gasteiger partial charge is 0.276 e. The lowest BCUT2D eigenvalue weighted by molar-refractivity contribution is 0.261. The summed E-state index contributed by atoms with van der Waals surface area (Å²) in [6.45, 7) is 0.500. The van der Waals surface area contributed by atoms with Gasteiger partial charge in [0, 0.05) is 4.88 Å². The van der Waals surface area contributed by atoms with Crippen LogP contribution in [-0.4, -0.2) is 5.24 Å². The summed E-state index contributed by atoms with van der Waals surface area (Å²) in [5, 5.41) is 2.23. The molecule has 1 rings (SSSR count). The van der Waals surface area contributed by atoms with Crippen LogP contribution < -0.4 is 5.32 Å². The molecule has 0 saturated carbocycles. The van der Waals surface area contributed by atoms with Crippen LogP contribution in [0.4, 0.5) is 4.79 Å². The van der Waals surface area contributed by atoms with Gasteiger partial charge in [0.25, 0.3) is 5.24 Å². The molecular weight excluding hydrogens is 202 g/mol. The Hall–Kier alpha value is -0.190. The zero-order valence-corrected chi connectivity index (χ0v) is 7.97. The van der Waals surface area contributed by atoms with Crippen LogP contribution in [0.2, 0.25) is 4.34 Å². The minimum absolute atomic E-state index is 0.325. The van der Waals surface area contributed by atoms with E-state index >= 15 is 0 Å². The van der Waals surface area contributed by atoms with Crippen molar-refractivity contribution in [2.75, 3.05) is 0 Å². The minimum atomic E-state index is -0.325. The number of rotatable bonds is 2. The van der Waals surface area contributed by atoms with Crippen molar-refractivity contribution >= 4 is 40.8 Å². The molecule has 2 nitrogen and oxygen atoms in total. The number of halogens is 1. The van der Waals surface area contributed by atoms with E-state index in [0.29, 0.717) is 6.54 Å². The second-order valence-electron chi connectivity index (χ2n) is 1.86. The molecule has 11 heavy (non-hydrogen) atoms. The molecule has 0 aliphatic heterocycles. The number of carbonyl (C=O) groups is 1. The molecule has 0 fully saturated rings. The van der Waals surface area contributed by atoms with Gasteiger partial charge >= 0.3 is 0 Å². The number of nitrogens with one attached hydrogen (secondary N) is 1. The van der Waals surface area contributed by atoms with E-state index in [2.05, 4.69) is 17.9 Å². The summed E-state index contributed by atoms with van der Waals surface area (Å²) in [6.07, 6.45) is 0. The van der Waals surface area contributed by atoms with Crippen molar-refractivity contribution in [2.24, 2.45) is 0 Å². The largest absolute Gasteiger partial charge is 0.342 e. The molecule has 0 unspecified atom stereocenters. The number of amides is 1. The first-order valence-electron chi connectivity index (χ1n) is 2.89. The lowest BCUT2D eigenvalue weighted by Crippen LogP contribution is -2.14. The van der Waals surface area contributed by atoms with Gasteiger partial charge in [-0.05, 0) is 12.1 Å². The van der Waals surface area contributed by atoms with Crippen molar-refractivity contribution in [1.82, 2.24) is 5.32 Å². The Balaban J connectivity index is 2.45. The highest BCUT2D eigenvalue weighted by atomic mass is 35.5. The Labute approximate surface area is 79.0 Å². The maximum atomic E-state index is 10.3. The number of hydrogen-bond acceptors (Lipinski definition) is 2. The van der Waals surface area contributed by atoms with Crippen LogP contribution in [0.3, 0.4) is 0 Å². The van der Waals surface area contributed by atoms with Crippen molar-refractivity contribution in [1.29, 1.82) is 0 Å². The maximum Gasteiger partial charge on any atom is 0.276 e. The van der Waals surface area contributed by atoms with E-state index in [1.807, 2.05) is 6.07 Å². The Morgan fingerprint density at radius 1 is 1.73 bits per heavy atom. The first kappa shape index (κ1) is 8.90. The third-order valence-corrected chi connectivity index (χ3v) is 2.43. The van der Waals surface area contributed by atoms with Crippen LogP contribution in [0.1, 0.15) is 4.88 Å². The van der Waals surface area contributed by atoms with Crippen LogP contribution >= 0.6 is 35.6 Å². The molecular formula is C6H6ClNOS2. The third kappa shape index (κ3) is 3.14. The van der Waals surface area contributed by atoms with Gasteiger partial charge in [0.2, 0.25) is 0 Å². The zero-order chi connectivity index (χ0) is 8.27. The fraction of sp³-hybridized carbons (Fsp3) is 0.167. The zero-order valence-electron chi connectivity index (χ0n) is 5.50. The summed E-state index contributed by atoms with van der Waals surface area (Å²) in [6, 6.07) is 3.67. The van der Waals surface area contributed by atoms with Gasteiger partial charge < -0.3 is 5.32 Å². The normalized spacial score (nSPS) is 9.64. The van der Waals surface area contributed by atoms with Gasteiger partial charge in [-0.25, -0.2) is 0 Å². The molecule has 0 radical (unpaired) electrons. The van der Waals surface area contributed by atoms with E-state index in [1.165, 1.54) is 11.3 Å². The molecule has 1 amide bonds. The minimum Gasteiger partial charge on any atom is -0.342 e. The van der Waals surface area contributed by atoms with Crippen molar-refractivity contribution in [3.63, 3.8) is 0 Å². The van der Waals surface area contributed by atoms with E-state index in [4.69, 9.17) is 11.6 Å². The summed E-state index contributed by atoms with van der Waals surface area (Å²) < 4.78 is 0.730. The summed E-state index contributed by atoms with van der Waals surface area (Å²) >= 11 is 10.7. The number of carbonyl (C=O) groups excluding carboxylic acids is 1. The van der Waals surface area contributed by atoms with Gasteiger partial charge in [-0.2, -0.15) is 0 Å². The van der Waals surface area contributed by atoms with Crippen molar-refractivity contribution in [3.05, 3.63) is 21.3 Å². The van der Waals surface area contributed by atoms with Gasteiger partial charge in [-0.1, -0.05) is 24.2 Å². The van der Waals surface area contributed by atoms with E-state index < -0.39 is 0 Å². The Morgan fingerprint density at radius 3 is 2.91 bits per heavy atom. The topological polar surface area (TPSA) is 29.1 Å². The second kappa shape index (κ2) is 3.99. The predicted octanol–water partition coefficient (Wildman–Crippen LogP) is 2.54. The first-order valence-corrected chi connectivity index (χ1v) is 4.53. The van der Waals surface area contributed by atoms with Crippen LogP contribution in [0.5, 0.6) is 0 Å². The SMILES string of the molecule is O=C(S)NCc1ccc(Cl)s1. The quantitative estimate of drug-likeness (QED) is 0.718. The molecule has 0 saturated heterocycles. The van der Waals surface area contributed by atoms with Gasteiger partial charge in [0.15, 0.2) is 0 Å². The maximum absolute atomic E-state index is 10.3. The highest BCUT2D eigenvalue weighted by molar-refractivity contribution is 7.96. The van der Waals surface area contributed by atoms with Crippen LogP contribution in [0.25, 0.3) is 0 Å². The molecule has 1 aromatic rings. The first-order chi connectivity index (χ1) is 5.18. The van der Waals surface area contributed by atoms with Gasteiger partial charge in [0.1, 0.15) is 0 Å². The number of thiol groups is 1. The molecule has 0 aromatic carbocycles. The number of thiophene rings is 1. The van der Waals surface area contributed by atoms with Gasteiger partial charge in [-0.3, -0.25) is 4.79 Å². The summed E-state index contributed by atoms with van der Waals surface area (Å²) in [4.78, 5) is 11.4. The van der Waals surface area contributed by atoms with Crippen LogP contribution in [-0.2, 0) is 6.54 Å². The summed E-state index contributed by atoms with van der Waals surface area (Å²) in [5.41, 5.74) is 0. The van der Waals surface area contributed by atoms with Gasteiger partial charge in [0.05, 0.1) is 10.9 Å². The molecule has 0 aliphatic carbocycles. The van der Waals surface area contributed by atoms with E-state index in [-0.39, 0.29) is 5.24 Å². The Morgan fingerprint density at radius 2 is 2.45 bits per heavy atom. The summed E-state index contributed by atoms with van der Waals surface area (Å²) in [5.74, 6) is 0. The highest BCUT2D eigenvalue weighted by Crippen LogP contribution is 2.20. The van der Waals surface area contributed by atoms with E-state index in [9.17, 15) is 4.79 Å². The molecule has 1 heterocycles. The molecule has 0 atom stereocenters. The molecule has 0 aliphatic rings. The standard InChI is InChI=1S/C6H6ClNOS2/c7-5-2-1-4(11-5)3-8-6(9)10/h1-2H,3H2,(H2,8,9,10). The monoisotopic (exact) mass is 207 g/mol. The van der Waals surface area contributed by atoms with Crippen molar-refractivity contribution in [3.8, 4) is 0 Å². The van der Waals surface area contributed by atoms with E-state index in [0.717, 1.165) is 9.21 Å². The Bertz CT molecular complexity index is 261. The van der Waals surface area contributed by atoms with Crippen molar-refractivity contribution in [2.45, 2.75) is 6.54 Å². The summed E-state index contributed by atoms with van der Waals surface area (Å²) in [7, 11) is 0. The molecule has 5 heteroatoms. The highest BCUT2D eigenvalue weighted by Gasteiger charge is 1.97. The molecule has 0 spiro atoms. The molecule has 1 N–H and O–H groups in total. The molecule has 0 bridgehead atoms. The van der Waals surface area contributed by atoms with Crippen molar-refractivity contribution < 1.29 is 4.79 Å². The predicted molar refractivity (Wildman–Crippen MR) is 50.6 cm³/mol. The lowest BCUT2D eigenvalue weighted by Gasteiger charge is -1.95. The fourth-order valence-corrected chi connectivity index (χ4v) is 1.72. The third-order valence-electron chi connectivity index (χ3n) is 1.04. The molecule has 1 aromatic heterocycles. The average molecular weight is 208 g/mol. The van der Waals surface area contributed by atoms with E-state index in [1.54, 1.807) is 6.07 Å². The van der Waals surface area contributed by atoms with Crippen LogP contribution in [0.15, 0.2) is 12.1 Å². The number of hydrogen-bond donors (Lipinski definition) is 2. The average Bonchev–Trinajstić information content (AvgIpc) is 2.31. The van der Waals surface area contributed by atoms with Crippen LogP contribution in [0, 0.1) is 0 Å². The Kier molecular flexibility index (Phi) is 3.23. The second-order valence-corrected chi connectivity index (χ2v) is 4.07.